The number of benzene rings is 1. The average molecular weight is 180 g/mol. The van der Waals surface area contributed by atoms with Gasteiger partial charge in [0.25, 0.3) is 0 Å². The summed E-state index contributed by atoms with van der Waals surface area (Å²) in [5.74, 6) is 0. The SMILES string of the molecule is NCCNCc1ccc(CO)cc1. The van der Waals surface area contributed by atoms with E-state index >= 15 is 0 Å². The van der Waals surface area contributed by atoms with Crippen molar-refractivity contribution in [2.75, 3.05) is 13.1 Å². The zero-order valence-corrected chi connectivity index (χ0v) is 7.66. The van der Waals surface area contributed by atoms with E-state index < -0.39 is 0 Å². The van der Waals surface area contributed by atoms with E-state index in [1.54, 1.807) is 0 Å². The topological polar surface area (TPSA) is 58.3 Å². The molecule has 0 aromatic heterocycles. The molecule has 1 aromatic rings. The number of hydrogen-bond acceptors (Lipinski definition) is 3. The summed E-state index contributed by atoms with van der Waals surface area (Å²) in [6, 6.07) is 7.88. The fraction of sp³-hybridized carbons (Fsp3) is 0.400. The molecule has 1 rings (SSSR count). The van der Waals surface area contributed by atoms with E-state index in [2.05, 4.69) is 5.32 Å². The molecule has 3 nitrogen and oxygen atoms in total. The second-order valence-corrected chi connectivity index (χ2v) is 2.94. The second-order valence-electron chi connectivity index (χ2n) is 2.94. The quantitative estimate of drug-likeness (QED) is 0.568. The van der Waals surface area contributed by atoms with Crippen LogP contribution in [0.3, 0.4) is 0 Å². The average Bonchev–Trinajstić information content (AvgIpc) is 2.19. The van der Waals surface area contributed by atoms with Gasteiger partial charge in [0, 0.05) is 19.6 Å². The number of nitrogens with two attached hydrogens (primary N) is 1. The maximum atomic E-state index is 8.81. The van der Waals surface area contributed by atoms with Crippen LogP contribution in [0.1, 0.15) is 11.1 Å². The molecule has 0 aliphatic heterocycles. The molecule has 3 heteroatoms. The molecule has 0 radical (unpaired) electrons. The molecular weight excluding hydrogens is 164 g/mol. The Morgan fingerprint density at radius 3 is 2.31 bits per heavy atom. The van der Waals surface area contributed by atoms with Crippen LogP contribution in [0.2, 0.25) is 0 Å². The monoisotopic (exact) mass is 180 g/mol. The zero-order chi connectivity index (χ0) is 9.52. The lowest BCUT2D eigenvalue weighted by molar-refractivity contribution is 0.282. The van der Waals surface area contributed by atoms with Gasteiger partial charge in [0.1, 0.15) is 0 Å². The van der Waals surface area contributed by atoms with Crippen molar-refractivity contribution in [1.29, 1.82) is 0 Å². The van der Waals surface area contributed by atoms with E-state index in [-0.39, 0.29) is 6.61 Å². The van der Waals surface area contributed by atoms with E-state index in [4.69, 9.17) is 10.8 Å². The number of aliphatic hydroxyl groups is 1. The Labute approximate surface area is 78.6 Å². The first kappa shape index (κ1) is 10.2. The molecule has 0 atom stereocenters. The van der Waals surface area contributed by atoms with E-state index in [0.29, 0.717) is 6.54 Å². The third kappa shape index (κ3) is 3.55. The third-order valence-corrected chi connectivity index (χ3v) is 1.86. The normalized spacial score (nSPS) is 10.3. The van der Waals surface area contributed by atoms with Crippen molar-refractivity contribution < 1.29 is 5.11 Å². The standard InChI is InChI=1S/C10H16N2O/c11-5-6-12-7-9-1-3-10(8-13)4-2-9/h1-4,12-13H,5-8,11H2. The van der Waals surface area contributed by atoms with Crippen LogP contribution in [0.4, 0.5) is 0 Å². The minimum atomic E-state index is 0.108. The third-order valence-electron chi connectivity index (χ3n) is 1.86. The lowest BCUT2D eigenvalue weighted by atomic mass is 10.1. The van der Waals surface area contributed by atoms with Gasteiger partial charge in [-0.15, -0.1) is 0 Å². The highest BCUT2D eigenvalue weighted by molar-refractivity contribution is 5.21. The Hall–Kier alpha value is -0.900. The lowest BCUT2D eigenvalue weighted by Crippen LogP contribution is -2.21. The molecule has 0 fully saturated rings. The zero-order valence-electron chi connectivity index (χ0n) is 7.66. The van der Waals surface area contributed by atoms with Crippen molar-refractivity contribution in [2.45, 2.75) is 13.2 Å². The largest absolute Gasteiger partial charge is 0.392 e. The lowest BCUT2D eigenvalue weighted by Gasteiger charge is -2.03. The number of aliphatic hydroxyl groups excluding tert-OH is 1. The van der Waals surface area contributed by atoms with Crippen molar-refractivity contribution in [3.05, 3.63) is 35.4 Å². The van der Waals surface area contributed by atoms with Crippen LogP contribution in [0, 0.1) is 0 Å². The van der Waals surface area contributed by atoms with Crippen LogP contribution >= 0.6 is 0 Å². The highest BCUT2D eigenvalue weighted by Gasteiger charge is 1.92. The predicted octanol–water partition coefficient (Wildman–Crippen LogP) is 0.227. The second kappa shape index (κ2) is 5.70. The molecule has 4 N–H and O–H groups in total. The van der Waals surface area contributed by atoms with Gasteiger partial charge in [0.05, 0.1) is 6.61 Å². The molecule has 72 valence electrons. The van der Waals surface area contributed by atoms with Gasteiger partial charge in [-0.25, -0.2) is 0 Å². The molecular formula is C10H16N2O. The summed E-state index contributed by atoms with van der Waals surface area (Å²) in [5.41, 5.74) is 7.50. The Balaban J connectivity index is 2.40. The maximum absolute atomic E-state index is 8.81. The van der Waals surface area contributed by atoms with E-state index in [1.807, 2.05) is 24.3 Å². The van der Waals surface area contributed by atoms with Crippen LogP contribution in [-0.2, 0) is 13.2 Å². The van der Waals surface area contributed by atoms with Gasteiger partial charge in [-0.05, 0) is 11.1 Å². The van der Waals surface area contributed by atoms with Crippen molar-refractivity contribution in [3.63, 3.8) is 0 Å². The van der Waals surface area contributed by atoms with Gasteiger partial charge in [0.2, 0.25) is 0 Å². The fourth-order valence-corrected chi connectivity index (χ4v) is 1.10. The smallest absolute Gasteiger partial charge is 0.0681 e. The van der Waals surface area contributed by atoms with Gasteiger partial charge in [-0.2, -0.15) is 0 Å². The minimum Gasteiger partial charge on any atom is -0.392 e. The molecule has 0 saturated heterocycles. The Morgan fingerprint density at radius 1 is 1.15 bits per heavy atom. The molecule has 13 heavy (non-hydrogen) atoms. The molecule has 1 aromatic carbocycles. The molecule has 0 unspecified atom stereocenters. The predicted molar refractivity (Wildman–Crippen MR) is 53.1 cm³/mol. The maximum Gasteiger partial charge on any atom is 0.0681 e. The summed E-state index contributed by atoms with van der Waals surface area (Å²) < 4.78 is 0. The summed E-state index contributed by atoms with van der Waals surface area (Å²) in [4.78, 5) is 0. The van der Waals surface area contributed by atoms with Crippen molar-refractivity contribution in [2.24, 2.45) is 5.73 Å². The summed E-state index contributed by atoms with van der Waals surface area (Å²) >= 11 is 0. The molecule has 0 heterocycles. The molecule has 0 saturated carbocycles. The van der Waals surface area contributed by atoms with Crippen molar-refractivity contribution >= 4 is 0 Å². The Kier molecular flexibility index (Phi) is 4.46. The number of nitrogens with one attached hydrogen (secondary N) is 1. The highest BCUT2D eigenvalue weighted by Crippen LogP contribution is 2.03. The number of rotatable bonds is 5. The van der Waals surface area contributed by atoms with Gasteiger partial charge < -0.3 is 16.2 Å². The van der Waals surface area contributed by atoms with Crippen molar-refractivity contribution in [1.82, 2.24) is 5.32 Å². The molecule has 0 bridgehead atoms. The van der Waals surface area contributed by atoms with Crippen LogP contribution in [-0.4, -0.2) is 18.2 Å². The Bertz CT molecular complexity index is 233. The molecule has 0 spiro atoms. The van der Waals surface area contributed by atoms with Gasteiger partial charge in [-0.1, -0.05) is 24.3 Å². The molecule has 0 amide bonds. The first-order chi connectivity index (χ1) is 6.36. The van der Waals surface area contributed by atoms with E-state index in [1.165, 1.54) is 5.56 Å². The van der Waals surface area contributed by atoms with Gasteiger partial charge in [0.15, 0.2) is 0 Å². The van der Waals surface area contributed by atoms with Crippen LogP contribution in [0.5, 0.6) is 0 Å². The highest BCUT2D eigenvalue weighted by atomic mass is 16.3. The molecule has 0 aliphatic carbocycles. The van der Waals surface area contributed by atoms with Crippen LogP contribution < -0.4 is 11.1 Å². The Morgan fingerprint density at radius 2 is 1.77 bits per heavy atom. The van der Waals surface area contributed by atoms with E-state index in [9.17, 15) is 0 Å². The first-order valence-electron chi connectivity index (χ1n) is 4.46. The number of hydrogen-bond donors (Lipinski definition) is 3. The van der Waals surface area contributed by atoms with Crippen molar-refractivity contribution in [3.8, 4) is 0 Å². The van der Waals surface area contributed by atoms with Crippen LogP contribution in [0.15, 0.2) is 24.3 Å². The van der Waals surface area contributed by atoms with Gasteiger partial charge >= 0.3 is 0 Å². The first-order valence-corrected chi connectivity index (χ1v) is 4.46. The summed E-state index contributed by atoms with van der Waals surface area (Å²) in [6.45, 7) is 2.44. The summed E-state index contributed by atoms with van der Waals surface area (Å²) in [7, 11) is 0. The van der Waals surface area contributed by atoms with Crippen LogP contribution in [0.25, 0.3) is 0 Å². The summed E-state index contributed by atoms with van der Waals surface area (Å²) in [6.07, 6.45) is 0. The minimum absolute atomic E-state index is 0.108. The fourth-order valence-electron chi connectivity index (χ4n) is 1.10. The van der Waals surface area contributed by atoms with E-state index in [0.717, 1.165) is 18.7 Å². The molecule has 0 aliphatic rings. The van der Waals surface area contributed by atoms with Gasteiger partial charge in [-0.3, -0.25) is 0 Å². The summed E-state index contributed by atoms with van der Waals surface area (Å²) in [5, 5.41) is 12.0.